The average Bonchev–Trinajstić information content (AvgIpc) is 2.71. The minimum Gasteiger partial charge on any atom is -0.423 e. The van der Waals surface area contributed by atoms with Crippen molar-refractivity contribution in [3.63, 3.8) is 0 Å². The van der Waals surface area contributed by atoms with Gasteiger partial charge >= 0.3 is 7.12 Å². The summed E-state index contributed by atoms with van der Waals surface area (Å²) in [6, 6.07) is 6.65. The molecule has 2 rings (SSSR count). The molecule has 1 aromatic heterocycles. The maximum Gasteiger partial charge on any atom is 0.488 e. The second-order valence-electron chi connectivity index (χ2n) is 2.75. The van der Waals surface area contributed by atoms with E-state index in [4.69, 9.17) is 10.0 Å². The fraction of sp³-hybridized carbons (Fsp3) is 0. The van der Waals surface area contributed by atoms with Gasteiger partial charge in [0.15, 0.2) is 0 Å². The Balaban J connectivity index is 2.41. The summed E-state index contributed by atoms with van der Waals surface area (Å²) in [4.78, 5) is 3.85. The molecule has 0 radical (unpaired) electrons. The predicted octanol–water partition coefficient (Wildman–Crippen LogP) is -0.584. The Hall–Kier alpha value is -1.66. The molecule has 0 saturated heterocycles. The Labute approximate surface area is 80.2 Å². The van der Waals surface area contributed by atoms with Crippen LogP contribution in [0, 0.1) is 0 Å². The smallest absolute Gasteiger partial charge is 0.423 e. The van der Waals surface area contributed by atoms with Crippen molar-refractivity contribution in [3.8, 4) is 11.4 Å². The second-order valence-corrected chi connectivity index (χ2v) is 2.75. The van der Waals surface area contributed by atoms with Crippen molar-refractivity contribution in [2.45, 2.75) is 0 Å². The van der Waals surface area contributed by atoms with E-state index in [9.17, 15) is 0 Å². The number of benzene rings is 1. The highest BCUT2D eigenvalue weighted by Crippen LogP contribution is 2.11. The highest BCUT2D eigenvalue weighted by Gasteiger charge is 2.12. The minimum atomic E-state index is -1.48. The van der Waals surface area contributed by atoms with Crippen LogP contribution in [-0.2, 0) is 0 Å². The van der Waals surface area contributed by atoms with Gasteiger partial charge in [0, 0.05) is 5.56 Å². The molecule has 5 nitrogen and oxygen atoms in total. The van der Waals surface area contributed by atoms with Crippen LogP contribution in [0.25, 0.3) is 11.4 Å². The Kier molecular flexibility index (Phi) is 2.30. The molecule has 6 heteroatoms. The van der Waals surface area contributed by atoms with Crippen LogP contribution in [0.2, 0.25) is 0 Å². The first-order valence-electron chi connectivity index (χ1n) is 4.00. The van der Waals surface area contributed by atoms with Gasteiger partial charge < -0.3 is 14.6 Å². The monoisotopic (exact) mass is 190 g/mol. The first kappa shape index (κ1) is 8.92. The van der Waals surface area contributed by atoms with Crippen LogP contribution in [0.4, 0.5) is 0 Å². The van der Waals surface area contributed by atoms with E-state index in [0.29, 0.717) is 16.9 Å². The summed E-state index contributed by atoms with van der Waals surface area (Å²) in [5.41, 5.74) is 1.08. The molecule has 0 amide bonds. The van der Waals surface area contributed by atoms with E-state index < -0.39 is 7.12 Å². The van der Waals surface area contributed by atoms with Crippen molar-refractivity contribution in [1.29, 1.82) is 0 Å². The maximum atomic E-state index is 8.94. The summed E-state index contributed by atoms with van der Waals surface area (Å²) in [7, 11) is -1.48. The quantitative estimate of drug-likeness (QED) is 0.619. The summed E-state index contributed by atoms with van der Waals surface area (Å²) in [6.07, 6.45) is 1.22. The summed E-state index contributed by atoms with van der Waals surface area (Å²) < 4.78 is 4.58. The molecule has 1 aromatic carbocycles. The van der Waals surface area contributed by atoms with Crippen molar-refractivity contribution in [1.82, 2.24) is 10.1 Å². The Morgan fingerprint density at radius 3 is 2.79 bits per heavy atom. The van der Waals surface area contributed by atoms with Crippen LogP contribution in [-0.4, -0.2) is 27.3 Å². The van der Waals surface area contributed by atoms with Gasteiger partial charge in [0.1, 0.15) is 0 Å². The van der Waals surface area contributed by atoms with Crippen molar-refractivity contribution < 1.29 is 14.6 Å². The molecule has 0 saturated carbocycles. The zero-order chi connectivity index (χ0) is 9.97. The number of hydrogen-bond acceptors (Lipinski definition) is 5. The van der Waals surface area contributed by atoms with Crippen LogP contribution in [0.1, 0.15) is 0 Å². The molecule has 0 bridgehead atoms. The molecule has 2 N–H and O–H groups in total. The SMILES string of the molecule is OB(O)c1cccc(-c2ncon2)c1. The minimum absolute atomic E-state index is 0.396. The molecule has 0 fully saturated rings. The fourth-order valence-electron chi connectivity index (χ4n) is 1.14. The van der Waals surface area contributed by atoms with Gasteiger partial charge in [0.05, 0.1) is 0 Å². The largest absolute Gasteiger partial charge is 0.488 e. The van der Waals surface area contributed by atoms with E-state index in [0.717, 1.165) is 0 Å². The van der Waals surface area contributed by atoms with E-state index >= 15 is 0 Å². The Morgan fingerprint density at radius 1 is 1.29 bits per heavy atom. The summed E-state index contributed by atoms with van der Waals surface area (Å²) in [6.45, 7) is 0. The lowest BCUT2D eigenvalue weighted by atomic mass is 9.79. The zero-order valence-corrected chi connectivity index (χ0v) is 7.16. The molecule has 0 unspecified atom stereocenters. The highest BCUT2D eigenvalue weighted by atomic mass is 16.5. The number of nitrogens with zero attached hydrogens (tertiary/aromatic N) is 2. The van der Waals surface area contributed by atoms with Crippen LogP contribution in [0.15, 0.2) is 35.2 Å². The topological polar surface area (TPSA) is 79.4 Å². The second kappa shape index (κ2) is 3.61. The van der Waals surface area contributed by atoms with E-state index in [1.54, 1.807) is 24.3 Å². The molecule has 0 aliphatic carbocycles. The van der Waals surface area contributed by atoms with Gasteiger partial charge in [0.25, 0.3) is 0 Å². The van der Waals surface area contributed by atoms with Crippen LogP contribution >= 0.6 is 0 Å². The van der Waals surface area contributed by atoms with Crippen molar-refractivity contribution in [3.05, 3.63) is 30.7 Å². The van der Waals surface area contributed by atoms with Crippen LogP contribution in [0.3, 0.4) is 0 Å². The first-order chi connectivity index (χ1) is 6.77. The predicted molar refractivity (Wildman–Crippen MR) is 49.6 cm³/mol. The fourth-order valence-corrected chi connectivity index (χ4v) is 1.14. The molecule has 2 aromatic rings. The maximum absolute atomic E-state index is 8.94. The molecule has 0 aliphatic heterocycles. The third-order valence-electron chi connectivity index (χ3n) is 1.80. The molecule has 70 valence electrons. The van der Waals surface area contributed by atoms with Gasteiger partial charge in [-0.25, -0.2) is 0 Å². The highest BCUT2D eigenvalue weighted by molar-refractivity contribution is 6.58. The van der Waals surface area contributed by atoms with Crippen LogP contribution < -0.4 is 5.46 Å². The first-order valence-corrected chi connectivity index (χ1v) is 4.00. The standard InChI is InChI=1S/C8H7BN2O3/c12-9(13)7-3-1-2-6(4-7)8-10-5-14-11-8/h1-5,12-13H. The summed E-state index contributed by atoms with van der Waals surface area (Å²) in [5.74, 6) is 0.424. The molecule has 0 spiro atoms. The zero-order valence-electron chi connectivity index (χ0n) is 7.16. The van der Waals surface area contributed by atoms with Gasteiger partial charge in [-0.15, -0.1) is 0 Å². The van der Waals surface area contributed by atoms with E-state index in [2.05, 4.69) is 14.7 Å². The van der Waals surface area contributed by atoms with Crippen molar-refractivity contribution in [2.24, 2.45) is 0 Å². The van der Waals surface area contributed by atoms with Gasteiger partial charge in [-0.2, -0.15) is 4.98 Å². The lowest BCUT2D eigenvalue weighted by Gasteiger charge is -2.00. The molecule has 1 heterocycles. The van der Waals surface area contributed by atoms with Gasteiger partial charge in [-0.1, -0.05) is 29.4 Å². The van der Waals surface area contributed by atoms with Crippen molar-refractivity contribution >= 4 is 12.6 Å². The van der Waals surface area contributed by atoms with E-state index in [1.807, 2.05) is 0 Å². The van der Waals surface area contributed by atoms with Crippen LogP contribution in [0.5, 0.6) is 0 Å². The molecular formula is C8H7BN2O3. The number of aromatic nitrogens is 2. The van der Waals surface area contributed by atoms with Crippen molar-refractivity contribution in [2.75, 3.05) is 0 Å². The molecule has 0 aliphatic rings. The Bertz CT molecular complexity index is 416. The van der Waals surface area contributed by atoms with E-state index in [-0.39, 0.29) is 0 Å². The van der Waals surface area contributed by atoms with E-state index in [1.165, 1.54) is 6.39 Å². The van der Waals surface area contributed by atoms with Gasteiger partial charge in [-0.05, 0) is 5.46 Å². The average molecular weight is 190 g/mol. The number of rotatable bonds is 2. The van der Waals surface area contributed by atoms with Gasteiger partial charge in [0.2, 0.25) is 12.2 Å². The molecule has 0 atom stereocenters. The lowest BCUT2D eigenvalue weighted by molar-refractivity contribution is 0.418. The normalized spacial score (nSPS) is 10.1. The molecular weight excluding hydrogens is 183 g/mol. The summed E-state index contributed by atoms with van der Waals surface area (Å²) >= 11 is 0. The summed E-state index contributed by atoms with van der Waals surface area (Å²) in [5, 5.41) is 21.5. The number of hydrogen-bond donors (Lipinski definition) is 2. The Morgan fingerprint density at radius 2 is 2.14 bits per heavy atom. The lowest BCUT2D eigenvalue weighted by Crippen LogP contribution is -2.29. The molecule has 14 heavy (non-hydrogen) atoms. The third-order valence-corrected chi connectivity index (χ3v) is 1.80. The van der Waals surface area contributed by atoms with Gasteiger partial charge in [-0.3, -0.25) is 0 Å². The third kappa shape index (κ3) is 1.66.